The molecule has 28 heavy (non-hydrogen) atoms. The third-order valence-corrected chi connectivity index (χ3v) is 4.75. The molecule has 0 saturated carbocycles. The van der Waals surface area contributed by atoms with Crippen molar-refractivity contribution in [2.24, 2.45) is 0 Å². The largest absolute Gasteiger partial charge is 0.367 e. The normalized spacial score (nSPS) is 14.7. The summed E-state index contributed by atoms with van der Waals surface area (Å²) >= 11 is 0. The van der Waals surface area contributed by atoms with Gasteiger partial charge in [0, 0.05) is 43.8 Å². The molecule has 0 bridgehead atoms. The maximum atomic E-state index is 14.7. The second kappa shape index (κ2) is 8.22. The highest BCUT2D eigenvalue weighted by atomic mass is 19.1. The van der Waals surface area contributed by atoms with E-state index in [1.807, 2.05) is 42.5 Å². The quantitative estimate of drug-likeness (QED) is 0.703. The summed E-state index contributed by atoms with van der Waals surface area (Å²) in [4.78, 5) is 13.0. The summed E-state index contributed by atoms with van der Waals surface area (Å²) in [6, 6.07) is 16.7. The SMILES string of the molecule is CN1CCN(c2ccc(Nc3nccc(Nc4ccccc4)n3)cc2F)CC1. The Morgan fingerprint density at radius 1 is 0.893 bits per heavy atom. The van der Waals surface area contributed by atoms with Crippen molar-refractivity contribution in [3.63, 3.8) is 0 Å². The fraction of sp³-hybridized carbons (Fsp3) is 0.238. The predicted octanol–water partition coefficient (Wildman–Crippen LogP) is 3.85. The molecule has 1 aliphatic rings. The molecular weight excluding hydrogens is 355 g/mol. The molecule has 2 heterocycles. The van der Waals surface area contributed by atoms with Gasteiger partial charge in [0.2, 0.25) is 5.95 Å². The number of rotatable bonds is 5. The molecule has 4 rings (SSSR count). The zero-order valence-corrected chi connectivity index (χ0v) is 15.8. The van der Waals surface area contributed by atoms with Crippen LogP contribution in [0.2, 0.25) is 0 Å². The summed E-state index contributed by atoms with van der Waals surface area (Å²) in [6.45, 7) is 3.54. The van der Waals surface area contributed by atoms with E-state index >= 15 is 0 Å². The molecule has 144 valence electrons. The topological polar surface area (TPSA) is 56.3 Å². The molecule has 1 fully saturated rings. The molecule has 1 aromatic heterocycles. The van der Waals surface area contributed by atoms with Crippen LogP contribution in [0.15, 0.2) is 60.8 Å². The van der Waals surface area contributed by atoms with Gasteiger partial charge >= 0.3 is 0 Å². The van der Waals surface area contributed by atoms with E-state index in [1.165, 1.54) is 6.07 Å². The molecule has 1 saturated heterocycles. The number of piperazine rings is 1. The lowest BCUT2D eigenvalue weighted by molar-refractivity contribution is 0.311. The first-order valence-corrected chi connectivity index (χ1v) is 9.32. The number of likely N-dealkylation sites (N-methyl/N-ethyl adjacent to an activating group) is 1. The third kappa shape index (κ3) is 4.37. The van der Waals surface area contributed by atoms with Gasteiger partial charge in [-0.15, -0.1) is 0 Å². The monoisotopic (exact) mass is 378 g/mol. The molecular formula is C21H23FN6. The molecule has 0 atom stereocenters. The Morgan fingerprint density at radius 3 is 2.43 bits per heavy atom. The van der Waals surface area contributed by atoms with Crippen molar-refractivity contribution in [1.29, 1.82) is 0 Å². The molecule has 3 aromatic rings. The van der Waals surface area contributed by atoms with E-state index in [0.717, 1.165) is 31.9 Å². The minimum atomic E-state index is -0.242. The van der Waals surface area contributed by atoms with Gasteiger partial charge in [-0.05, 0) is 43.4 Å². The first-order chi connectivity index (χ1) is 13.7. The van der Waals surface area contributed by atoms with Crippen LogP contribution in [0, 0.1) is 5.82 Å². The highest BCUT2D eigenvalue weighted by molar-refractivity contribution is 5.62. The van der Waals surface area contributed by atoms with Gasteiger partial charge < -0.3 is 20.4 Å². The summed E-state index contributed by atoms with van der Waals surface area (Å²) in [7, 11) is 2.08. The Morgan fingerprint density at radius 2 is 1.68 bits per heavy atom. The Labute approximate surface area is 164 Å². The Balaban J connectivity index is 1.45. The van der Waals surface area contributed by atoms with E-state index in [9.17, 15) is 4.39 Å². The number of aromatic nitrogens is 2. The summed E-state index contributed by atoms with van der Waals surface area (Å²) in [5, 5.41) is 6.30. The van der Waals surface area contributed by atoms with Crippen LogP contribution in [0.4, 0.5) is 33.2 Å². The number of halogens is 1. The van der Waals surface area contributed by atoms with Gasteiger partial charge in [-0.25, -0.2) is 9.37 Å². The minimum absolute atomic E-state index is 0.242. The van der Waals surface area contributed by atoms with Crippen LogP contribution >= 0.6 is 0 Å². The predicted molar refractivity (Wildman–Crippen MR) is 111 cm³/mol. The van der Waals surface area contributed by atoms with E-state index in [-0.39, 0.29) is 5.82 Å². The number of anilines is 5. The van der Waals surface area contributed by atoms with Crippen molar-refractivity contribution in [2.75, 3.05) is 48.8 Å². The van der Waals surface area contributed by atoms with Crippen molar-refractivity contribution >= 4 is 28.8 Å². The highest BCUT2D eigenvalue weighted by Gasteiger charge is 2.17. The van der Waals surface area contributed by atoms with Crippen LogP contribution < -0.4 is 15.5 Å². The summed E-state index contributed by atoms with van der Waals surface area (Å²) < 4.78 is 14.7. The molecule has 6 nitrogen and oxygen atoms in total. The first kappa shape index (κ1) is 18.2. The minimum Gasteiger partial charge on any atom is -0.367 e. The zero-order valence-electron chi connectivity index (χ0n) is 15.8. The van der Waals surface area contributed by atoms with Gasteiger partial charge in [0.25, 0.3) is 0 Å². The summed E-state index contributed by atoms with van der Waals surface area (Å²) in [6.07, 6.45) is 1.66. The van der Waals surface area contributed by atoms with Crippen molar-refractivity contribution < 1.29 is 4.39 Å². The molecule has 2 N–H and O–H groups in total. The van der Waals surface area contributed by atoms with E-state index in [1.54, 1.807) is 12.3 Å². The average Bonchev–Trinajstić information content (AvgIpc) is 2.70. The Hall–Kier alpha value is -3.19. The number of para-hydroxylation sites is 1. The Bertz CT molecular complexity index is 925. The number of nitrogens with one attached hydrogen (secondary N) is 2. The average molecular weight is 378 g/mol. The highest BCUT2D eigenvalue weighted by Crippen LogP contribution is 2.25. The molecule has 0 amide bonds. The van der Waals surface area contributed by atoms with Crippen LogP contribution in [-0.2, 0) is 0 Å². The second-order valence-electron chi connectivity index (χ2n) is 6.84. The lowest BCUT2D eigenvalue weighted by Gasteiger charge is -2.34. The van der Waals surface area contributed by atoms with Crippen LogP contribution in [0.1, 0.15) is 0 Å². The summed E-state index contributed by atoms with van der Waals surface area (Å²) in [5.74, 6) is 0.832. The Kier molecular flexibility index (Phi) is 5.34. The van der Waals surface area contributed by atoms with Crippen LogP contribution in [0.5, 0.6) is 0 Å². The van der Waals surface area contributed by atoms with Gasteiger partial charge in [0.05, 0.1) is 5.69 Å². The fourth-order valence-electron chi connectivity index (χ4n) is 3.18. The number of hydrogen-bond acceptors (Lipinski definition) is 6. The number of benzene rings is 2. The van der Waals surface area contributed by atoms with Gasteiger partial charge in [-0.1, -0.05) is 18.2 Å². The third-order valence-electron chi connectivity index (χ3n) is 4.75. The van der Waals surface area contributed by atoms with Crippen LogP contribution in [0.3, 0.4) is 0 Å². The molecule has 0 aliphatic carbocycles. The molecule has 0 spiro atoms. The van der Waals surface area contributed by atoms with Crippen molar-refractivity contribution in [3.05, 3.63) is 66.6 Å². The number of nitrogens with zero attached hydrogens (tertiary/aromatic N) is 4. The molecule has 1 aliphatic heterocycles. The second-order valence-corrected chi connectivity index (χ2v) is 6.84. The summed E-state index contributed by atoms with van der Waals surface area (Å²) in [5.41, 5.74) is 2.20. The van der Waals surface area contributed by atoms with Gasteiger partial charge in [-0.3, -0.25) is 0 Å². The smallest absolute Gasteiger partial charge is 0.229 e. The lowest BCUT2D eigenvalue weighted by Crippen LogP contribution is -2.44. The van der Waals surface area contributed by atoms with Gasteiger partial charge in [-0.2, -0.15) is 4.98 Å². The van der Waals surface area contributed by atoms with Crippen molar-refractivity contribution in [2.45, 2.75) is 0 Å². The van der Waals surface area contributed by atoms with Crippen molar-refractivity contribution in [1.82, 2.24) is 14.9 Å². The molecule has 2 aromatic carbocycles. The van der Waals surface area contributed by atoms with E-state index in [2.05, 4.69) is 37.4 Å². The van der Waals surface area contributed by atoms with Gasteiger partial charge in [0.1, 0.15) is 11.6 Å². The standard InChI is InChI=1S/C21H23FN6/c1-27-11-13-28(14-12-27)19-8-7-17(15-18(19)22)25-21-23-10-9-20(26-21)24-16-5-3-2-4-6-16/h2-10,15H,11-14H2,1H3,(H2,23,24,25,26). The van der Waals surface area contributed by atoms with E-state index in [4.69, 9.17) is 0 Å². The van der Waals surface area contributed by atoms with Crippen LogP contribution in [0.25, 0.3) is 0 Å². The van der Waals surface area contributed by atoms with Crippen molar-refractivity contribution in [3.8, 4) is 0 Å². The zero-order chi connectivity index (χ0) is 19.3. The molecule has 7 heteroatoms. The fourth-order valence-corrected chi connectivity index (χ4v) is 3.18. The first-order valence-electron chi connectivity index (χ1n) is 9.32. The van der Waals surface area contributed by atoms with Gasteiger partial charge in [0.15, 0.2) is 0 Å². The van der Waals surface area contributed by atoms with Crippen LogP contribution in [-0.4, -0.2) is 48.1 Å². The maximum Gasteiger partial charge on any atom is 0.229 e. The van der Waals surface area contributed by atoms with E-state index in [0.29, 0.717) is 23.1 Å². The lowest BCUT2D eigenvalue weighted by atomic mass is 10.2. The van der Waals surface area contributed by atoms with E-state index < -0.39 is 0 Å². The maximum absolute atomic E-state index is 14.7. The molecule has 0 unspecified atom stereocenters. The molecule has 0 radical (unpaired) electrons. The number of hydrogen-bond donors (Lipinski definition) is 2.